The Morgan fingerprint density at radius 3 is 2.70 bits per heavy atom. The van der Waals surface area contributed by atoms with Crippen LogP contribution in [0.2, 0.25) is 15.1 Å². The van der Waals surface area contributed by atoms with Crippen molar-refractivity contribution in [3.63, 3.8) is 0 Å². The first-order chi connectivity index (χ1) is 13.0. The molecule has 0 radical (unpaired) electrons. The largest absolute Gasteiger partial charge is 0.484 e. The van der Waals surface area contributed by atoms with Gasteiger partial charge in [0.25, 0.3) is 5.91 Å². The predicted molar refractivity (Wildman–Crippen MR) is 112 cm³/mol. The Kier molecular flexibility index (Phi) is 7.20. The van der Waals surface area contributed by atoms with Crippen LogP contribution in [0, 0.1) is 0 Å². The van der Waals surface area contributed by atoms with Gasteiger partial charge in [0.1, 0.15) is 5.75 Å². The number of rotatable bonds is 7. The number of halogens is 3. The monoisotopic (exact) mass is 459 g/mol. The molecular weight excluding hydrogens is 449 g/mol. The number of thioether (sulfide) groups is 1. The molecule has 1 N–H and O–H groups in total. The van der Waals surface area contributed by atoms with Crippen LogP contribution in [-0.4, -0.2) is 22.7 Å². The van der Waals surface area contributed by atoms with Crippen molar-refractivity contribution in [3.05, 3.63) is 63.1 Å². The van der Waals surface area contributed by atoms with Crippen LogP contribution in [0.15, 0.2) is 46.8 Å². The summed E-state index contributed by atoms with van der Waals surface area (Å²) < 4.78 is 6.10. The van der Waals surface area contributed by atoms with Crippen LogP contribution < -0.4 is 10.1 Å². The number of hydrogen-bond acceptors (Lipinski definition) is 6. The van der Waals surface area contributed by atoms with Gasteiger partial charge in [-0.05, 0) is 35.9 Å². The Morgan fingerprint density at radius 1 is 1.11 bits per heavy atom. The van der Waals surface area contributed by atoms with Crippen molar-refractivity contribution >= 4 is 68.9 Å². The molecule has 2 aromatic carbocycles. The van der Waals surface area contributed by atoms with Gasteiger partial charge in [0.2, 0.25) is 5.13 Å². The SMILES string of the molecule is O=C(COc1cccc(Cl)c1)Nc1nnc(SCc2ccc(Cl)cc2Cl)s1. The molecule has 0 bridgehead atoms. The molecule has 3 rings (SSSR count). The number of nitrogens with zero attached hydrogens (tertiary/aromatic N) is 2. The Hall–Kier alpha value is -1.51. The van der Waals surface area contributed by atoms with Gasteiger partial charge in [0, 0.05) is 20.8 Å². The second kappa shape index (κ2) is 9.61. The molecule has 140 valence electrons. The zero-order chi connectivity index (χ0) is 19.2. The Bertz CT molecular complexity index is 953. The summed E-state index contributed by atoms with van der Waals surface area (Å²) in [5.74, 6) is 0.811. The lowest BCUT2D eigenvalue weighted by Gasteiger charge is -2.05. The fourth-order valence-corrected chi connectivity index (χ4v) is 4.46. The van der Waals surface area contributed by atoms with Crippen molar-refractivity contribution in [2.75, 3.05) is 11.9 Å². The second-order valence-electron chi connectivity index (χ2n) is 5.19. The van der Waals surface area contributed by atoms with Gasteiger partial charge < -0.3 is 4.74 Å². The number of carbonyl (C=O) groups excluding carboxylic acids is 1. The van der Waals surface area contributed by atoms with Crippen LogP contribution >= 0.6 is 57.9 Å². The second-order valence-corrected chi connectivity index (χ2v) is 8.67. The van der Waals surface area contributed by atoms with E-state index in [1.54, 1.807) is 36.4 Å². The molecule has 0 saturated heterocycles. The van der Waals surface area contributed by atoms with Gasteiger partial charge in [-0.15, -0.1) is 10.2 Å². The zero-order valence-electron chi connectivity index (χ0n) is 13.6. The molecule has 0 spiro atoms. The van der Waals surface area contributed by atoms with Crippen LogP contribution in [0.4, 0.5) is 5.13 Å². The number of ether oxygens (including phenoxy) is 1. The maximum Gasteiger partial charge on any atom is 0.264 e. The number of carbonyl (C=O) groups is 1. The van der Waals surface area contributed by atoms with E-state index < -0.39 is 0 Å². The van der Waals surface area contributed by atoms with Crippen molar-refractivity contribution in [3.8, 4) is 5.75 Å². The lowest BCUT2D eigenvalue weighted by Crippen LogP contribution is -2.20. The van der Waals surface area contributed by atoms with Gasteiger partial charge in [-0.25, -0.2) is 0 Å². The molecule has 0 aliphatic rings. The Labute approximate surface area is 179 Å². The number of nitrogens with one attached hydrogen (secondary N) is 1. The number of hydrogen-bond donors (Lipinski definition) is 1. The van der Waals surface area contributed by atoms with Gasteiger partial charge >= 0.3 is 0 Å². The molecule has 0 unspecified atom stereocenters. The lowest BCUT2D eigenvalue weighted by molar-refractivity contribution is -0.118. The van der Waals surface area contributed by atoms with E-state index in [0.717, 1.165) is 5.56 Å². The quantitative estimate of drug-likeness (QED) is 0.356. The lowest BCUT2D eigenvalue weighted by atomic mass is 10.2. The van der Waals surface area contributed by atoms with E-state index in [0.29, 0.717) is 36.0 Å². The van der Waals surface area contributed by atoms with E-state index in [4.69, 9.17) is 39.5 Å². The smallest absolute Gasteiger partial charge is 0.264 e. The third-order valence-electron chi connectivity index (χ3n) is 3.19. The number of amides is 1. The molecule has 0 fully saturated rings. The number of anilines is 1. The third-order valence-corrected chi connectivity index (χ3v) is 6.03. The highest BCUT2D eigenvalue weighted by atomic mass is 35.5. The number of benzene rings is 2. The van der Waals surface area contributed by atoms with E-state index in [2.05, 4.69) is 15.5 Å². The predicted octanol–water partition coefficient (Wildman–Crippen LogP) is 5.81. The Morgan fingerprint density at radius 2 is 1.93 bits per heavy atom. The first-order valence-corrected chi connectivity index (χ1v) is 10.5. The Balaban J connectivity index is 1.49. The van der Waals surface area contributed by atoms with Gasteiger partial charge in [0.05, 0.1) is 0 Å². The molecule has 10 heteroatoms. The fourth-order valence-electron chi connectivity index (χ4n) is 1.96. The first-order valence-electron chi connectivity index (χ1n) is 7.58. The molecule has 1 amide bonds. The molecule has 5 nitrogen and oxygen atoms in total. The van der Waals surface area contributed by atoms with Gasteiger partial charge in [-0.1, -0.05) is 70.0 Å². The maximum absolute atomic E-state index is 12.0. The minimum absolute atomic E-state index is 0.150. The normalized spacial score (nSPS) is 10.6. The average molecular weight is 461 g/mol. The zero-order valence-corrected chi connectivity index (χ0v) is 17.5. The topological polar surface area (TPSA) is 64.1 Å². The molecule has 0 aliphatic heterocycles. The highest BCUT2D eigenvalue weighted by molar-refractivity contribution is 8.00. The van der Waals surface area contributed by atoms with Crippen LogP contribution in [0.25, 0.3) is 0 Å². The van der Waals surface area contributed by atoms with Gasteiger partial charge in [-0.3, -0.25) is 10.1 Å². The molecule has 1 heterocycles. The van der Waals surface area contributed by atoms with E-state index in [-0.39, 0.29) is 12.5 Å². The van der Waals surface area contributed by atoms with Crippen molar-refractivity contribution in [1.82, 2.24) is 10.2 Å². The van der Waals surface area contributed by atoms with Crippen molar-refractivity contribution in [2.24, 2.45) is 0 Å². The minimum atomic E-state index is -0.330. The molecule has 3 aromatic rings. The van der Waals surface area contributed by atoms with E-state index in [9.17, 15) is 4.79 Å². The molecular formula is C17H12Cl3N3O2S2. The fraction of sp³-hybridized carbons (Fsp3) is 0.118. The highest BCUT2D eigenvalue weighted by Gasteiger charge is 2.11. The number of aromatic nitrogens is 2. The summed E-state index contributed by atoms with van der Waals surface area (Å²) in [4.78, 5) is 12.0. The van der Waals surface area contributed by atoms with Crippen molar-refractivity contribution < 1.29 is 9.53 Å². The van der Waals surface area contributed by atoms with Crippen molar-refractivity contribution in [1.29, 1.82) is 0 Å². The summed E-state index contributed by atoms with van der Waals surface area (Å²) >= 11 is 20.7. The van der Waals surface area contributed by atoms with Crippen LogP contribution in [-0.2, 0) is 10.5 Å². The van der Waals surface area contributed by atoms with E-state index in [1.807, 2.05) is 6.07 Å². The summed E-state index contributed by atoms with van der Waals surface area (Å²) in [6.07, 6.45) is 0. The molecule has 0 atom stereocenters. The molecule has 0 aliphatic carbocycles. The summed E-state index contributed by atoms with van der Waals surface area (Å²) in [6, 6.07) is 12.2. The minimum Gasteiger partial charge on any atom is -0.484 e. The molecule has 27 heavy (non-hydrogen) atoms. The standard InChI is InChI=1S/C17H12Cl3N3O2S2/c18-11-2-1-3-13(6-11)25-8-15(24)21-16-22-23-17(27-16)26-9-10-4-5-12(19)7-14(10)20/h1-7H,8-9H2,(H,21,22,24). The van der Waals surface area contributed by atoms with Gasteiger partial charge in [0.15, 0.2) is 10.9 Å². The van der Waals surface area contributed by atoms with Crippen LogP contribution in [0.3, 0.4) is 0 Å². The summed E-state index contributed by atoms with van der Waals surface area (Å²) in [6.45, 7) is -0.150. The maximum atomic E-state index is 12.0. The van der Waals surface area contributed by atoms with Crippen LogP contribution in [0.1, 0.15) is 5.56 Å². The van der Waals surface area contributed by atoms with E-state index >= 15 is 0 Å². The highest BCUT2D eigenvalue weighted by Crippen LogP contribution is 2.31. The first kappa shape index (κ1) is 20.2. The van der Waals surface area contributed by atoms with Crippen LogP contribution in [0.5, 0.6) is 5.75 Å². The summed E-state index contributed by atoms with van der Waals surface area (Å²) in [5, 5.41) is 12.8. The van der Waals surface area contributed by atoms with Gasteiger partial charge in [-0.2, -0.15) is 0 Å². The average Bonchev–Trinajstić information content (AvgIpc) is 3.07. The molecule has 0 saturated carbocycles. The molecule has 1 aromatic heterocycles. The summed E-state index contributed by atoms with van der Waals surface area (Å²) in [7, 11) is 0. The third kappa shape index (κ3) is 6.26. The van der Waals surface area contributed by atoms with E-state index in [1.165, 1.54) is 23.1 Å². The van der Waals surface area contributed by atoms with Crippen molar-refractivity contribution in [2.45, 2.75) is 10.1 Å². The summed E-state index contributed by atoms with van der Waals surface area (Å²) in [5.41, 5.74) is 0.946.